The summed E-state index contributed by atoms with van der Waals surface area (Å²) < 4.78 is 30.0. The van der Waals surface area contributed by atoms with Crippen LogP contribution >= 0.6 is 34.2 Å². The molecule has 0 aliphatic rings. The van der Waals surface area contributed by atoms with E-state index in [0.717, 1.165) is 7.11 Å². The van der Waals surface area contributed by atoms with E-state index in [0.29, 0.717) is 9.26 Å². The van der Waals surface area contributed by atoms with Gasteiger partial charge in [-0.05, 0) is 34.2 Å². The molecule has 0 amide bonds. The lowest BCUT2D eigenvalue weighted by molar-refractivity contribution is 0.0587. The summed E-state index contributed by atoms with van der Waals surface area (Å²) in [7, 11) is 1.12. The molecule has 16 heavy (non-hydrogen) atoms. The lowest BCUT2D eigenvalue weighted by atomic mass is 10.1. The van der Waals surface area contributed by atoms with Gasteiger partial charge in [0.05, 0.1) is 12.7 Å². The summed E-state index contributed by atoms with van der Waals surface area (Å²) in [5.41, 5.74) is -0.300. The molecule has 0 radical (unpaired) electrons. The zero-order chi connectivity index (χ0) is 12.3. The molecule has 0 N–H and O–H groups in total. The van der Waals surface area contributed by atoms with Crippen LogP contribution in [0.25, 0.3) is 0 Å². The molecule has 7 heteroatoms. The lowest BCUT2D eigenvalue weighted by Gasteiger charge is -2.09. The summed E-state index contributed by atoms with van der Waals surface area (Å²) in [5, 5.41) is 0. The van der Waals surface area contributed by atoms with Crippen LogP contribution in [0.15, 0.2) is 6.07 Å². The van der Waals surface area contributed by atoms with Gasteiger partial charge in [-0.1, -0.05) is 0 Å². The van der Waals surface area contributed by atoms with Crippen molar-refractivity contribution in [3.63, 3.8) is 0 Å². The molecule has 0 fully saturated rings. The third kappa shape index (κ3) is 2.79. The molecule has 0 bridgehead atoms. The van der Waals surface area contributed by atoms with Crippen molar-refractivity contribution in [3.05, 3.63) is 26.6 Å². The Bertz CT molecular complexity index is 415. The molecule has 0 saturated carbocycles. The van der Waals surface area contributed by atoms with Crippen molar-refractivity contribution in [2.75, 3.05) is 7.11 Å². The third-order valence-corrected chi connectivity index (χ3v) is 3.06. The first kappa shape index (κ1) is 13.6. The van der Waals surface area contributed by atoms with Gasteiger partial charge in [-0.15, -0.1) is 11.6 Å². The molecule has 1 rings (SSSR count). The van der Waals surface area contributed by atoms with E-state index in [2.05, 4.69) is 9.72 Å². The molecular weight excluding hydrogens is 354 g/mol. The van der Waals surface area contributed by atoms with E-state index in [1.165, 1.54) is 6.07 Å². The lowest BCUT2D eigenvalue weighted by Crippen LogP contribution is -2.10. The summed E-state index contributed by atoms with van der Waals surface area (Å²) >= 11 is 7.39. The highest BCUT2D eigenvalue weighted by Crippen LogP contribution is 2.25. The number of hydrogen-bond acceptors (Lipinski definition) is 3. The zero-order valence-electron chi connectivity index (χ0n) is 8.14. The Labute approximate surface area is 109 Å². The molecule has 0 spiro atoms. The van der Waals surface area contributed by atoms with E-state index >= 15 is 0 Å². The van der Waals surface area contributed by atoms with Crippen LogP contribution in [0.5, 0.6) is 0 Å². The maximum Gasteiger partial charge on any atom is 0.339 e. The van der Waals surface area contributed by atoms with Gasteiger partial charge in [0.1, 0.15) is 9.39 Å². The number of ether oxygens (including phenoxy) is 1. The summed E-state index contributed by atoms with van der Waals surface area (Å²) in [6, 6.07) is 1.29. The number of pyridine rings is 1. The number of alkyl halides is 3. The molecule has 0 atom stereocenters. The molecule has 0 aromatic carbocycles. The van der Waals surface area contributed by atoms with E-state index in [4.69, 9.17) is 11.6 Å². The van der Waals surface area contributed by atoms with Gasteiger partial charge in [0.25, 0.3) is 6.43 Å². The fourth-order valence-corrected chi connectivity index (χ4v) is 2.11. The Kier molecular flexibility index (Phi) is 4.85. The Hall–Kier alpha value is -0.500. The van der Waals surface area contributed by atoms with Crippen molar-refractivity contribution < 1.29 is 18.3 Å². The van der Waals surface area contributed by atoms with E-state index in [1.807, 2.05) is 0 Å². The minimum atomic E-state index is -2.83. The number of rotatable bonds is 3. The Morgan fingerprint density at radius 1 is 1.69 bits per heavy atom. The van der Waals surface area contributed by atoms with Crippen molar-refractivity contribution in [1.29, 1.82) is 0 Å². The van der Waals surface area contributed by atoms with Gasteiger partial charge in [0.2, 0.25) is 0 Å². The number of aromatic nitrogens is 1. The average molecular weight is 362 g/mol. The highest BCUT2D eigenvalue weighted by molar-refractivity contribution is 14.1. The van der Waals surface area contributed by atoms with Crippen LogP contribution in [0, 0.1) is 3.70 Å². The molecule has 3 nitrogen and oxygen atoms in total. The molecule has 0 aliphatic heterocycles. The van der Waals surface area contributed by atoms with E-state index in [-0.39, 0.29) is 11.4 Å². The highest BCUT2D eigenvalue weighted by atomic mass is 127. The van der Waals surface area contributed by atoms with Crippen molar-refractivity contribution in [1.82, 2.24) is 4.98 Å². The smallest absolute Gasteiger partial charge is 0.339 e. The maximum absolute atomic E-state index is 12.6. The summed E-state index contributed by atoms with van der Waals surface area (Å²) in [6.45, 7) is 0. The fourth-order valence-electron chi connectivity index (χ4n) is 1.08. The minimum absolute atomic E-state index is 0.0960. The number of methoxy groups -OCH3 is 1. The van der Waals surface area contributed by atoms with Crippen LogP contribution in [-0.4, -0.2) is 18.1 Å². The molecule has 1 heterocycles. The second-order valence-corrected chi connectivity index (χ2v) is 4.09. The van der Waals surface area contributed by atoms with Gasteiger partial charge in [-0.2, -0.15) is 0 Å². The van der Waals surface area contributed by atoms with Crippen LogP contribution < -0.4 is 0 Å². The van der Waals surface area contributed by atoms with Gasteiger partial charge < -0.3 is 4.74 Å². The molecule has 0 aliphatic carbocycles. The van der Waals surface area contributed by atoms with Crippen LogP contribution in [0.2, 0.25) is 0 Å². The largest absolute Gasteiger partial charge is 0.465 e. The van der Waals surface area contributed by atoms with Crippen molar-refractivity contribution in [3.8, 4) is 0 Å². The fraction of sp³-hybridized carbons (Fsp3) is 0.333. The molecule has 88 valence electrons. The van der Waals surface area contributed by atoms with Crippen LogP contribution in [-0.2, 0) is 10.6 Å². The normalized spacial score (nSPS) is 10.6. The monoisotopic (exact) mass is 361 g/mol. The molecule has 1 aromatic rings. The topological polar surface area (TPSA) is 39.2 Å². The summed E-state index contributed by atoms with van der Waals surface area (Å²) in [5.74, 6) is -0.746. The Balaban J connectivity index is 3.36. The van der Waals surface area contributed by atoms with Gasteiger partial charge >= 0.3 is 5.97 Å². The second kappa shape index (κ2) is 5.72. The summed E-state index contributed by atoms with van der Waals surface area (Å²) in [6.07, 6.45) is -2.83. The standard InChI is InChI=1S/C9H7ClF2INO2/c1-16-9(15)5-2-4(3-10)8(13)14-6(5)7(11)12/h2,7H,3H2,1H3. The number of carbonyl (C=O) groups is 1. The van der Waals surface area contributed by atoms with Gasteiger partial charge in [-0.25, -0.2) is 18.6 Å². The minimum Gasteiger partial charge on any atom is -0.465 e. The SMILES string of the molecule is COC(=O)c1cc(CCl)c(I)nc1C(F)F. The molecule has 0 unspecified atom stereocenters. The Morgan fingerprint density at radius 3 is 2.75 bits per heavy atom. The van der Waals surface area contributed by atoms with Crippen molar-refractivity contribution in [2.24, 2.45) is 0 Å². The van der Waals surface area contributed by atoms with Crippen LogP contribution in [0.3, 0.4) is 0 Å². The van der Waals surface area contributed by atoms with Gasteiger partial charge in [-0.3, -0.25) is 0 Å². The molecule has 0 saturated heterocycles. The second-order valence-electron chi connectivity index (χ2n) is 2.80. The van der Waals surface area contributed by atoms with Crippen molar-refractivity contribution in [2.45, 2.75) is 12.3 Å². The molecular formula is C9H7ClF2INO2. The third-order valence-electron chi connectivity index (χ3n) is 1.83. The molecule has 1 aromatic heterocycles. The van der Waals surface area contributed by atoms with Crippen LogP contribution in [0.1, 0.15) is 28.0 Å². The highest BCUT2D eigenvalue weighted by Gasteiger charge is 2.22. The average Bonchev–Trinajstić information content (AvgIpc) is 2.27. The van der Waals surface area contributed by atoms with E-state index in [1.54, 1.807) is 22.6 Å². The first-order chi connectivity index (χ1) is 7.51. The van der Waals surface area contributed by atoms with Gasteiger partial charge in [0, 0.05) is 5.88 Å². The predicted octanol–water partition coefficient (Wildman–Crippen LogP) is 3.15. The van der Waals surface area contributed by atoms with Crippen LogP contribution in [0.4, 0.5) is 8.78 Å². The summed E-state index contributed by atoms with van der Waals surface area (Å²) in [4.78, 5) is 14.9. The van der Waals surface area contributed by atoms with Gasteiger partial charge in [0.15, 0.2) is 0 Å². The first-order valence-corrected chi connectivity index (χ1v) is 5.74. The number of halogens is 4. The van der Waals surface area contributed by atoms with Crippen molar-refractivity contribution >= 4 is 40.2 Å². The quantitative estimate of drug-likeness (QED) is 0.359. The number of carbonyl (C=O) groups excluding carboxylic acids is 1. The number of hydrogen-bond donors (Lipinski definition) is 0. The first-order valence-electron chi connectivity index (χ1n) is 4.13. The van der Waals surface area contributed by atoms with E-state index < -0.39 is 18.1 Å². The number of esters is 1. The number of nitrogens with zero attached hydrogens (tertiary/aromatic N) is 1. The zero-order valence-corrected chi connectivity index (χ0v) is 11.1. The maximum atomic E-state index is 12.6. The Morgan fingerprint density at radius 2 is 2.31 bits per heavy atom. The predicted molar refractivity (Wildman–Crippen MR) is 62.8 cm³/mol. The van der Waals surface area contributed by atoms with E-state index in [9.17, 15) is 13.6 Å².